The van der Waals surface area contributed by atoms with E-state index in [1.807, 2.05) is 0 Å². The van der Waals surface area contributed by atoms with Gasteiger partial charge >= 0.3 is 0 Å². The Morgan fingerprint density at radius 2 is 1.50 bits per heavy atom. The molecule has 1 heterocycles. The van der Waals surface area contributed by atoms with Gasteiger partial charge in [-0.25, -0.2) is 0 Å². The van der Waals surface area contributed by atoms with Crippen molar-refractivity contribution in [1.82, 2.24) is 4.90 Å². The van der Waals surface area contributed by atoms with Crippen LogP contribution in [0.25, 0.3) is 0 Å². The second-order valence-electron chi connectivity index (χ2n) is 3.77. The number of likely N-dealkylation sites (tertiary alicyclic amines) is 1. The van der Waals surface area contributed by atoms with Gasteiger partial charge in [0.1, 0.15) is 0 Å². The van der Waals surface area contributed by atoms with Gasteiger partial charge in [-0.2, -0.15) is 0 Å². The molecule has 0 aromatic carbocycles. The van der Waals surface area contributed by atoms with Crippen LogP contribution in [-0.2, 0) is 0 Å². The van der Waals surface area contributed by atoms with Gasteiger partial charge in [0.2, 0.25) is 0 Å². The standard InChI is InChI=1S/C9H19NO2/c1-10-6-8(2-4-11)9(7-10)3-5-12/h8-9,11-12H,2-7H2,1H3. The Morgan fingerprint density at radius 3 is 1.83 bits per heavy atom. The second kappa shape index (κ2) is 4.80. The topological polar surface area (TPSA) is 43.7 Å². The van der Waals surface area contributed by atoms with E-state index < -0.39 is 0 Å². The molecule has 0 aromatic heterocycles. The average Bonchev–Trinajstić information content (AvgIpc) is 2.33. The van der Waals surface area contributed by atoms with Crippen LogP contribution in [0.15, 0.2) is 0 Å². The van der Waals surface area contributed by atoms with Gasteiger partial charge in [-0.05, 0) is 31.7 Å². The van der Waals surface area contributed by atoms with E-state index in [2.05, 4.69) is 11.9 Å². The third kappa shape index (κ3) is 2.44. The molecule has 2 N–H and O–H groups in total. The van der Waals surface area contributed by atoms with Gasteiger partial charge in [-0.1, -0.05) is 0 Å². The van der Waals surface area contributed by atoms with Crippen molar-refractivity contribution in [3.05, 3.63) is 0 Å². The highest BCUT2D eigenvalue weighted by Gasteiger charge is 2.29. The molecule has 72 valence electrons. The van der Waals surface area contributed by atoms with Crippen molar-refractivity contribution in [2.45, 2.75) is 12.8 Å². The molecular formula is C9H19NO2. The van der Waals surface area contributed by atoms with Crippen molar-refractivity contribution < 1.29 is 10.2 Å². The Hall–Kier alpha value is -0.120. The molecule has 2 atom stereocenters. The summed E-state index contributed by atoms with van der Waals surface area (Å²) in [4.78, 5) is 2.28. The van der Waals surface area contributed by atoms with E-state index in [0.29, 0.717) is 11.8 Å². The molecule has 0 aliphatic carbocycles. The summed E-state index contributed by atoms with van der Waals surface area (Å²) < 4.78 is 0. The minimum Gasteiger partial charge on any atom is -0.396 e. The Kier molecular flexibility index (Phi) is 3.98. The summed E-state index contributed by atoms with van der Waals surface area (Å²) in [5.74, 6) is 1.18. The first-order valence-corrected chi connectivity index (χ1v) is 4.68. The van der Waals surface area contributed by atoms with E-state index in [1.165, 1.54) is 0 Å². The predicted octanol–water partition coefficient (Wildman–Crippen LogP) is -0.0710. The highest BCUT2D eigenvalue weighted by atomic mass is 16.3. The lowest BCUT2D eigenvalue weighted by atomic mass is 9.91. The smallest absolute Gasteiger partial charge is 0.0434 e. The van der Waals surface area contributed by atoms with Gasteiger partial charge in [0, 0.05) is 26.3 Å². The molecule has 12 heavy (non-hydrogen) atoms. The van der Waals surface area contributed by atoms with E-state index >= 15 is 0 Å². The van der Waals surface area contributed by atoms with E-state index in [4.69, 9.17) is 10.2 Å². The summed E-state index contributed by atoms with van der Waals surface area (Å²) in [6.45, 7) is 2.71. The average molecular weight is 173 g/mol. The van der Waals surface area contributed by atoms with Crippen LogP contribution < -0.4 is 0 Å². The largest absolute Gasteiger partial charge is 0.396 e. The normalized spacial score (nSPS) is 31.2. The Morgan fingerprint density at radius 1 is 1.08 bits per heavy atom. The first-order chi connectivity index (χ1) is 5.77. The molecule has 3 nitrogen and oxygen atoms in total. The molecule has 0 radical (unpaired) electrons. The SMILES string of the molecule is CN1CC(CCO)C(CCO)C1. The molecule has 0 spiro atoms. The summed E-state index contributed by atoms with van der Waals surface area (Å²) in [5, 5.41) is 17.6. The first kappa shape index (κ1) is 9.96. The quantitative estimate of drug-likeness (QED) is 0.625. The number of hydrogen-bond donors (Lipinski definition) is 2. The van der Waals surface area contributed by atoms with Crippen molar-refractivity contribution in [3.8, 4) is 0 Å². The van der Waals surface area contributed by atoms with Crippen LogP contribution >= 0.6 is 0 Å². The zero-order valence-corrected chi connectivity index (χ0v) is 7.74. The predicted molar refractivity (Wildman–Crippen MR) is 47.9 cm³/mol. The molecule has 0 saturated carbocycles. The number of aliphatic hydroxyl groups excluding tert-OH is 2. The van der Waals surface area contributed by atoms with Crippen molar-refractivity contribution in [1.29, 1.82) is 0 Å². The van der Waals surface area contributed by atoms with Crippen LogP contribution in [0.3, 0.4) is 0 Å². The maximum absolute atomic E-state index is 8.82. The lowest BCUT2D eigenvalue weighted by Crippen LogP contribution is -2.15. The van der Waals surface area contributed by atoms with E-state index in [9.17, 15) is 0 Å². The van der Waals surface area contributed by atoms with Gasteiger partial charge in [0.05, 0.1) is 0 Å². The highest BCUT2D eigenvalue weighted by molar-refractivity contribution is 4.81. The summed E-state index contributed by atoms with van der Waals surface area (Å²) in [5.41, 5.74) is 0. The molecular weight excluding hydrogens is 154 g/mol. The minimum absolute atomic E-state index is 0.278. The molecule has 1 aliphatic heterocycles. The fourth-order valence-electron chi connectivity index (χ4n) is 2.16. The summed E-state index contributed by atoms with van der Waals surface area (Å²) in [6, 6.07) is 0. The lowest BCUT2D eigenvalue weighted by Gasteiger charge is -2.15. The third-order valence-corrected chi connectivity index (χ3v) is 2.76. The summed E-state index contributed by atoms with van der Waals surface area (Å²) in [6.07, 6.45) is 1.77. The number of aliphatic hydroxyl groups is 2. The molecule has 1 rings (SSSR count). The zero-order valence-electron chi connectivity index (χ0n) is 7.74. The van der Waals surface area contributed by atoms with Crippen LogP contribution in [-0.4, -0.2) is 48.5 Å². The number of hydrogen-bond acceptors (Lipinski definition) is 3. The molecule has 3 heteroatoms. The third-order valence-electron chi connectivity index (χ3n) is 2.76. The minimum atomic E-state index is 0.278. The van der Waals surface area contributed by atoms with Gasteiger partial charge in [0.15, 0.2) is 0 Å². The van der Waals surface area contributed by atoms with Crippen LogP contribution in [0.5, 0.6) is 0 Å². The van der Waals surface area contributed by atoms with E-state index in [-0.39, 0.29) is 13.2 Å². The lowest BCUT2D eigenvalue weighted by molar-refractivity contribution is 0.210. The maximum atomic E-state index is 8.82. The maximum Gasteiger partial charge on any atom is 0.0434 e. The Bertz CT molecular complexity index is 116. The fraction of sp³-hybridized carbons (Fsp3) is 1.00. The van der Waals surface area contributed by atoms with Crippen molar-refractivity contribution in [2.75, 3.05) is 33.4 Å². The highest BCUT2D eigenvalue weighted by Crippen LogP contribution is 2.27. The fourth-order valence-corrected chi connectivity index (χ4v) is 2.16. The molecule has 0 bridgehead atoms. The number of nitrogens with zero attached hydrogens (tertiary/aromatic N) is 1. The Labute approximate surface area is 74.0 Å². The van der Waals surface area contributed by atoms with Crippen LogP contribution in [0, 0.1) is 11.8 Å². The number of rotatable bonds is 4. The van der Waals surface area contributed by atoms with Crippen molar-refractivity contribution in [2.24, 2.45) is 11.8 Å². The summed E-state index contributed by atoms with van der Waals surface area (Å²) in [7, 11) is 2.10. The van der Waals surface area contributed by atoms with Gasteiger partial charge in [0.25, 0.3) is 0 Å². The molecule has 1 saturated heterocycles. The molecule has 0 amide bonds. The van der Waals surface area contributed by atoms with Gasteiger partial charge in [-0.3, -0.25) is 0 Å². The van der Waals surface area contributed by atoms with Crippen molar-refractivity contribution >= 4 is 0 Å². The molecule has 2 unspecified atom stereocenters. The van der Waals surface area contributed by atoms with E-state index in [1.54, 1.807) is 0 Å². The Balaban J connectivity index is 2.36. The van der Waals surface area contributed by atoms with E-state index in [0.717, 1.165) is 25.9 Å². The van der Waals surface area contributed by atoms with Gasteiger partial charge in [-0.15, -0.1) is 0 Å². The molecule has 1 fully saturated rings. The monoisotopic (exact) mass is 173 g/mol. The first-order valence-electron chi connectivity index (χ1n) is 4.68. The second-order valence-corrected chi connectivity index (χ2v) is 3.77. The van der Waals surface area contributed by atoms with Crippen LogP contribution in [0.2, 0.25) is 0 Å². The van der Waals surface area contributed by atoms with Crippen molar-refractivity contribution in [3.63, 3.8) is 0 Å². The molecule has 1 aliphatic rings. The van der Waals surface area contributed by atoms with Gasteiger partial charge < -0.3 is 15.1 Å². The van der Waals surface area contributed by atoms with Crippen LogP contribution in [0.4, 0.5) is 0 Å². The summed E-state index contributed by atoms with van der Waals surface area (Å²) >= 11 is 0. The van der Waals surface area contributed by atoms with Crippen LogP contribution in [0.1, 0.15) is 12.8 Å². The molecule has 0 aromatic rings. The zero-order chi connectivity index (χ0) is 8.97.